The maximum absolute atomic E-state index is 5.49. The number of hydrogen-bond acceptors (Lipinski definition) is 5. The quantitative estimate of drug-likeness (QED) is 0.912. The average Bonchev–Trinajstić information content (AvgIpc) is 2.77. The van der Waals surface area contributed by atoms with Crippen molar-refractivity contribution in [3.8, 4) is 5.75 Å². The fourth-order valence-electron chi connectivity index (χ4n) is 1.25. The highest BCUT2D eigenvalue weighted by atomic mass is 79.9. The summed E-state index contributed by atoms with van der Waals surface area (Å²) in [7, 11) is 0. The Hall–Kier alpha value is -1.40. The molecule has 2 rings (SSSR count). The van der Waals surface area contributed by atoms with Crippen LogP contribution in [0.25, 0.3) is 0 Å². The lowest BCUT2D eigenvalue weighted by Gasteiger charge is -2.02. The number of benzene rings is 1. The Morgan fingerprint density at radius 1 is 1.18 bits per heavy atom. The molecule has 1 heterocycles. The number of nitrogens with zero attached hydrogens (tertiary/aromatic N) is 2. The second kappa shape index (κ2) is 5.79. The first-order valence-electron chi connectivity index (χ1n) is 5.17. The van der Waals surface area contributed by atoms with Crippen molar-refractivity contribution in [1.29, 1.82) is 0 Å². The molecule has 5 nitrogen and oxygen atoms in total. The molecule has 0 saturated heterocycles. The Morgan fingerprint density at radius 3 is 2.59 bits per heavy atom. The van der Waals surface area contributed by atoms with Crippen molar-refractivity contribution in [2.24, 2.45) is 5.73 Å². The Bertz CT molecular complexity index is 470. The minimum atomic E-state index is 0.263. The number of rotatable bonds is 5. The first kappa shape index (κ1) is 12.1. The molecule has 0 aliphatic carbocycles. The topological polar surface area (TPSA) is 74.2 Å². The van der Waals surface area contributed by atoms with E-state index < -0.39 is 0 Å². The van der Waals surface area contributed by atoms with Gasteiger partial charge >= 0.3 is 0 Å². The minimum Gasteiger partial charge on any atom is -0.484 e. The highest BCUT2D eigenvalue weighted by molar-refractivity contribution is 9.10. The van der Waals surface area contributed by atoms with E-state index in [0.29, 0.717) is 24.7 Å². The summed E-state index contributed by atoms with van der Waals surface area (Å²) in [5, 5.41) is 7.71. The van der Waals surface area contributed by atoms with Crippen molar-refractivity contribution in [3.05, 3.63) is 40.5 Å². The van der Waals surface area contributed by atoms with E-state index in [4.69, 9.17) is 14.9 Å². The molecule has 0 atom stereocenters. The molecule has 6 heteroatoms. The SMILES string of the molecule is NCCc1nnc(COc2ccc(Br)cc2)o1. The third kappa shape index (κ3) is 3.54. The normalized spacial score (nSPS) is 10.5. The highest BCUT2D eigenvalue weighted by Gasteiger charge is 2.05. The molecule has 2 N–H and O–H groups in total. The zero-order chi connectivity index (χ0) is 12.1. The van der Waals surface area contributed by atoms with E-state index >= 15 is 0 Å². The van der Waals surface area contributed by atoms with Crippen LogP contribution in [0.15, 0.2) is 33.2 Å². The lowest BCUT2D eigenvalue weighted by Crippen LogP contribution is -2.02. The smallest absolute Gasteiger partial charge is 0.253 e. The molecule has 0 aliphatic heterocycles. The average molecular weight is 298 g/mol. The summed E-state index contributed by atoms with van der Waals surface area (Å²) in [6, 6.07) is 7.54. The summed E-state index contributed by atoms with van der Waals surface area (Å²) in [4.78, 5) is 0. The molecule has 17 heavy (non-hydrogen) atoms. The fourth-order valence-corrected chi connectivity index (χ4v) is 1.51. The van der Waals surface area contributed by atoms with Crippen molar-refractivity contribution in [2.45, 2.75) is 13.0 Å². The van der Waals surface area contributed by atoms with Gasteiger partial charge in [-0.15, -0.1) is 10.2 Å². The first-order valence-corrected chi connectivity index (χ1v) is 5.97. The van der Waals surface area contributed by atoms with E-state index in [-0.39, 0.29) is 6.61 Å². The second-order valence-electron chi connectivity index (χ2n) is 3.37. The Labute approximate surface area is 107 Å². The van der Waals surface area contributed by atoms with Gasteiger partial charge in [-0.25, -0.2) is 0 Å². The van der Waals surface area contributed by atoms with Crippen molar-refractivity contribution in [3.63, 3.8) is 0 Å². The summed E-state index contributed by atoms with van der Waals surface area (Å²) < 4.78 is 11.8. The van der Waals surface area contributed by atoms with Gasteiger partial charge < -0.3 is 14.9 Å². The molecule has 0 saturated carbocycles. The highest BCUT2D eigenvalue weighted by Crippen LogP contribution is 2.17. The summed E-state index contributed by atoms with van der Waals surface area (Å²) in [6.45, 7) is 0.758. The molecule has 0 amide bonds. The minimum absolute atomic E-state index is 0.263. The Balaban J connectivity index is 1.90. The number of ether oxygens (including phenoxy) is 1. The molecule has 0 spiro atoms. The summed E-state index contributed by atoms with van der Waals surface area (Å²) in [6.07, 6.45) is 0.589. The van der Waals surface area contributed by atoms with Crippen molar-refractivity contribution in [1.82, 2.24) is 10.2 Å². The third-order valence-corrected chi connectivity index (χ3v) is 2.57. The summed E-state index contributed by atoms with van der Waals surface area (Å²) in [5.41, 5.74) is 5.39. The van der Waals surface area contributed by atoms with E-state index in [1.165, 1.54) is 0 Å². The maximum atomic E-state index is 5.49. The number of hydrogen-bond donors (Lipinski definition) is 1. The molecule has 0 radical (unpaired) electrons. The summed E-state index contributed by atoms with van der Waals surface area (Å²) >= 11 is 3.35. The molecule has 1 aromatic carbocycles. The van der Waals surface area contributed by atoms with E-state index in [1.807, 2.05) is 24.3 Å². The van der Waals surface area contributed by atoms with Crippen molar-refractivity contribution >= 4 is 15.9 Å². The van der Waals surface area contributed by atoms with Crippen LogP contribution in [0.4, 0.5) is 0 Å². The van der Waals surface area contributed by atoms with Crippen LogP contribution in [-0.2, 0) is 13.0 Å². The van der Waals surface area contributed by atoms with Gasteiger partial charge in [0.1, 0.15) is 5.75 Å². The van der Waals surface area contributed by atoms with Gasteiger partial charge in [0, 0.05) is 17.4 Å². The monoisotopic (exact) mass is 297 g/mol. The number of nitrogens with two attached hydrogens (primary N) is 1. The Kier molecular flexibility index (Phi) is 4.11. The predicted molar refractivity (Wildman–Crippen MR) is 65.5 cm³/mol. The largest absolute Gasteiger partial charge is 0.484 e. The Morgan fingerprint density at radius 2 is 1.88 bits per heavy atom. The molecular formula is C11H12BrN3O2. The third-order valence-electron chi connectivity index (χ3n) is 2.04. The fraction of sp³-hybridized carbons (Fsp3) is 0.273. The van der Waals surface area contributed by atoms with Crippen LogP contribution in [0.2, 0.25) is 0 Å². The van der Waals surface area contributed by atoms with Crippen molar-refractivity contribution < 1.29 is 9.15 Å². The van der Waals surface area contributed by atoms with Crippen LogP contribution in [0.5, 0.6) is 5.75 Å². The zero-order valence-electron chi connectivity index (χ0n) is 9.10. The predicted octanol–water partition coefficient (Wildman–Crippen LogP) is 1.91. The van der Waals surface area contributed by atoms with Gasteiger partial charge in [-0.05, 0) is 24.3 Å². The molecule has 1 aromatic heterocycles. The molecule has 2 aromatic rings. The van der Waals surface area contributed by atoms with E-state index in [9.17, 15) is 0 Å². The lowest BCUT2D eigenvalue weighted by atomic mass is 10.3. The van der Waals surface area contributed by atoms with E-state index in [1.54, 1.807) is 0 Å². The zero-order valence-corrected chi connectivity index (χ0v) is 10.7. The first-order chi connectivity index (χ1) is 8.28. The van der Waals surface area contributed by atoms with Crippen LogP contribution >= 0.6 is 15.9 Å². The maximum Gasteiger partial charge on any atom is 0.253 e. The van der Waals surface area contributed by atoms with Gasteiger partial charge in [0.05, 0.1) is 0 Å². The van der Waals surface area contributed by atoms with Gasteiger partial charge in [0.15, 0.2) is 6.61 Å². The van der Waals surface area contributed by atoms with Crippen LogP contribution in [-0.4, -0.2) is 16.7 Å². The van der Waals surface area contributed by atoms with Crippen LogP contribution < -0.4 is 10.5 Å². The molecule has 90 valence electrons. The van der Waals surface area contributed by atoms with Gasteiger partial charge in [-0.2, -0.15) is 0 Å². The standard InChI is InChI=1S/C11H12BrN3O2/c12-8-1-3-9(4-2-8)16-7-11-15-14-10(17-11)5-6-13/h1-4H,5-7,13H2. The number of halogens is 1. The van der Waals surface area contributed by atoms with Crippen LogP contribution in [0, 0.1) is 0 Å². The number of aromatic nitrogens is 2. The summed E-state index contributed by atoms with van der Waals surface area (Å²) in [5.74, 6) is 1.75. The van der Waals surface area contributed by atoms with Crippen LogP contribution in [0.1, 0.15) is 11.8 Å². The van der Waals surface area contributed by atoms with Gasteiger partial charge in [0.25, 0.3) is 5.89 Å². The lowest BCUT2D eigenvalue weighted by molar-refractivity contribution is 0.259. The van der Waals surface area contributed by atoms with Gasteiger partial charge in [0.2, 0.25) is 5.89 Å². The van der Waals surface area contributed by atoms with E-state index in [2.05, 4.69) is 26.1 Å². The molecule has 0 unspecified atom stereocenters. The van der Waals surface area contributed by atoms with E-state index in [0.717, 1.165) is 10.2 Å². The van der Waals surface area contributed by atoms with Crippen molar-refractivity contribution in [2.75, 3.05) is 6.54 Å². The van der Waals surface area contributed by atoms with Gasteiger partial charge in [-0.3, -0.25) is 0 Å². The molecule has 0 aliphatic rings. The van der Waals surface area contributed by atoms with Gasteiger partial charge in [-0.1, -0.05) is 15.9 Å². The molecular weight excluding hydrogens is 286 g/mol. The van der Waals surface area contributed by atoms with Crippen LogP contribution in [0.3, 0.4) is 0 Å². The molecule has 0 bridgehead atoms. The second-order valence-corrected chi connectivity index (χ2v) is 4.29. The molecule has 0 fully saturated rings.